The first-order valence-corrected chi connectivity index (χ1v) is 10.9. The number of benzene rings is 3. The fraction of sp³-hybridized carbons (Fsp3) is 0.185. The van der Waals surface area contributed by atoms with Gasteiger partial charge in [-0.05, 0) is 65.7 Å². The molecular weight excluding hydrogens is 448 g/mol. The summed E-state index contributed by atoms with van der Waals surface area (Å²) in [5, 5.41) is 2.88. The van der Waals surface area contributed by atoms with E-state index in [2.05, 4.69) is 5.32 Å². The van der Waals surface area contributed by atoms with Crippen molar-refractivity contribution in [1.82, 2.24) is 4.90 Å². The minimum absolute atomic E-state index is 0.178. The molecule has 1 heterocycles. The molecule has 8 heteroatoms. The molecule has 0 saturated heterocycles. The van der Waals surface area contributed by atoms with Gasteiger partial charge in [0.05, 0.1) is 14.2 Å². The van der Waals surface area contributed by atoms with Crippen LogP contribution in [0, 0.1) is 0 Å². The second-order valence-corrected chi connectivity index (χ2v) is 7.79. The molecule has 0 saturated carbocycles. The minimum atomic E-state index is -0.878. The van der Waals surface area contributed by atoms with E-state index in [0.29, 0.717) is 34.2 Å². The number of nitrogens with one attached hydrogen (secondary N) is 1. The zero-order valence-electron chi connectivity index (χ0n) is 19.7. The molecule has 3 aromatic carbocycles. The zero-order valence-corrected chi connectivity index (χ0v) is 19.7. The van der Waals surface area contributed by atoms with Crippen LogP contribution in [-0.4, -0.2) is 44.8 Å². The Morgan fingerprint density at radius 2 is 1.54 bits per heavy atom. The van der Waals surface area contributed by atoms with E-state index in [1.807, 2.05) is 6.07 Å². The Bertz CT molecular complexity index is 1220. The molecule has 3 aromatic rings. The summed E-state index contributed by atoms with van der Waals surface area (Å²) >= 11 is 0. The van der Waals surface area contributed by atoms with E-state index in [1.165, 1.54) is 11.0 Å². The van der Waals surface area contributed by atoms with Gasteiger partial charge in [0.1, 0.15) is 17.5 Å². The van der Waals surface area contributed by atoms with E-state index in [0.717, 1.165) is 5.56 Å². The lowest BCUT2D eigenvalue weighted by atomic mass is 10.0. The van der Waals surface area contributed by atoms with Crippen LogP contribution in [0.2, 0.25) is 0 Å². The number of anilines is 1. The van der Waals surface area contributed by atoms with Crippen molar-refractivity contribution in [2.45, 2.75) is 6.04 Å². The maximum atomic E-state index is 13.3. The van der Waals surface area contributed by atoms with Gasteiger partial charge in [-0.15, -0.1) is 0 Å². The van der Waals surface area contributed by atoms with Crippen molar-refractivity contribution in [2.24, 2.45) is 0 Å². The van der Waals surface area contributed by atoms with E-state index in [1.54, 1.807) is 88.0 Å². The largest absolute Gasteiger partial charge is 0.497 e. The summed E-state index contributed by atoms with van der Waals surface area (Å²) in [5.41, 5.74) is 2.01. The molecule has 0 radical (unpaired) electrons. The molecule has 2 amide bonds. The average Bonchev–Trinajstić information content (AvgIpc) is 3.36. The average molecular weight is 475 g/mol. The molecular formula is C27H26N2O6. The fourth-order valence-electron chi connectivity index (χ4n) is 3.65. The minimum Gasteiger partial charge on any atom is -0.497 e. The van der Waals surface area contributed by atoms with Crippen molar-refractivity contribution in [1.29, 1.82) is 0 Å². The number of amides is 2. The van der Waals surface area contributed by atoms with E-state index < -0.39 is 6.04 Å². The lowest BCUT2D eigenvalue weighted by Gasteiger charge is -2.27. The third kappa shape index (κ3) is 5.55. The van der Waals surface area contributed by atoms with Crippen LogP contribution in [0.1, 0.15) is 17.2 Å². The van der Waals surface area contributed by atoms with Crippen LogP contribution in [0.3, 0.4) is 0 Å². The van der Waals surface area contributed by atoms with E-state index in [9.17, 15) is 9.59 Å². The van der Waals surface area contributed by atoms with Crippen LogP contribution in [0.4, 0.5) is 5.69 Å². The molecule has 4 rings (SSSR count). The van der Waals surface area contributed by atoms with Gasteiger partial charge in [0, 0.05) is 18.8 Å². The number of carbonyl (C=O) groups is 2. The number of hydrogen-bond donors (Lipinski definition) is 1. The van der Waals surface area contributed by atoms with Crippen molar-refractivity contribution < 1.29 is 28.5 Å². The third-order valence-electron chi connectivity index (χ3n) is 5.59. The lowest BCUT2D eigenvalue weighted by molar-refractivity contribution is -0.133. The summed E-state index contributed by atoms with van der Waals surface area (Å²) in [7, 11) is 4.74. The van der Waals surface area contributed by atoms with Gasteiger partial charge >= 0.3 is 0 Å². The van der Waals surface area contributed by atoms with Crippen molar-refractivity contribution in [3.63, 3.8) is 0 Å². The van der Waals surface area contributed by atoms with Gasteiger partial charge in [0.15, 0.2) is 11.5 Å². The van der Waals surface area contributed by atoms with Crippen LogP contribution in [0.5, 0.6) is 23.0 Å². The van der Waals surface area contributed by atoms with Gasteiger partial charge in [-0.3, -0.25) is 9.59 Å². The molecule has 1 aliphatic heterocycles. The predicted molar refractivity (Wildman–Crippen MR) is 132 cm³/mol. The lowest BCUT2D eigenvalue weighted by Crippen LogP contribution is -2.37. The van der Waals surface area contributed by atoms with Crippen molar-refractivity contribution in [3.8, 4) is 23.0 Å². The van der Waals surface area contributed by atoms with Crippen molar-refractivity contribution in [2.75, 3.05) is 33.4 Å². The number of fused-ring (bicyclic) bond motifs is 1. The molecule has 0 bridgehead atoms. The molecule has 1 atom stereocenters. The van der Waals surface area contributed by atoms with E-state index in [-0.39, 0.29) is 18.6 Å². The molecule has 0 aromatic heterocycles. The number of rotatable bonds is 8. The van der Waals surface area contributed by atoms with Crippen molar-refractivity contribution >= 4 is 23.6 Å². The third-order valence-corrected chi connectivity index (χ3v) is 5.59. The number of methoxy groups -OCH3 is 2. The molecule has 1 unspecified atom stereocenters. The summed E-state index contributed by atoms with van der Waals surface area (Å²) in [6.07, 6.45) is 3.10. The number of hydrogen-bond acceptors (Lipinski definition) is 6. The van der Waals surface area contributed by atoms with E-state index in [4.69, 9.17) is 18.9 Å². The summed E-state index contributed by atoms with van der Waals surface area (Å²) < 4.78 is 21.1. The van der Waals surface area contributed by atoms with Gasteiger partial charge in [-0.25, -0.2) is 0 Å². The Kier molecular flexibility index (Phi) is 7.21. The van der Waals surface area contributed by atoms with Crippen LogP contribution in [0.15, 0.2) is 72.8 Å². The Balaban J connectivity index is 1.55. The van der Waals surface area contributed by atoms with Gasteiger partial charge in [-0.2, -0.15) is 0 Å². The molecule has 180 valence electrons. The summed E-state index contributed by atoms with van der Waals surface area (Å²) in [4.78, 5) is 27.8. The first-order valence-electron chi connectivity index (χ1n) is 10.9. The summed E-state index contributed by atoms with van der Waals surface area (Å²) in [6.45, 7) is 0.178. The highest BCUT2D eigenvalue weighted by atomic mass is 16.7. The van der Waals surface area contributed by atoms with Crippen LogP contribution in [-0.2, 0) is 9.59 Å². The monoisotopic (exact) mass is 474 g/mol. The molecule has 0 spiro atoms. The first kappa shape index (κ1) is 23.7. The van der Waals surface area contributed by atoms with Gasteiger partial charge in [0.2, 0.25) is 12.7 Å². The topological polar surface area (TPSA) is 86.3 Å². The second kappa shape index (κ2) is 10.6. The summed E-state index contributed by atoms with van der Waals surface area (Å²) in [6, 6.07) is 18.6. The highest BCUT2D eigenvalue weighted by molar-refractivity contribution is 6.00. The zero-order chi connectivity index (χ0) is 24.8. The molecule has 0 aliphatic carbocycles. The standard InChI is InChI=1S/C27H26N2O6/c1-29(25(30)15-5-18-4-14-23-24(16-18)35-17-34-23)26(19-6-10-21(32-2)11-7-19)27(31)28-20-8-12-22(33-3)13-9-20/h4-16,26H,17H2,1-3H3,(H,28,31). The summed E-state index contributed by atoms with van der Waals surface area (Å²) in [5.74, 6) is 1.93. The Morgan fingerprint density at radius 1 is 0.914 bits per heavy atom. The molecule has 35 heavy (non-hydrogen) atoms. The number of carbonyl (C=O) groups excluding carboxylic acids is 2. The predicted octanol–water partition coefficient (Wildman–Crippen LogP) is 4.28. The van der Waals surface area contributed by atoms with Gasteiger partial charge in [0.25, 0.3) is 5.91 Å². The maximum Gasteiger partial charge on any atom is 0.251 e. The van der Waals surface area contributed by atoms with Crippen LogP contribution in [0.25, 0.3) is 6.08 Å². The SMILES string of the molecule is COc1ccc(NC(=O)C(c2ccc(OC)cc2)N(C)C(=O)C=Cc2ccc3c(c2)OCO3)cc1. The Hall–Kier alpha value is -4.46. The quantitative estimate of drug-likeness (QED) is 0.491. The molecule has 0 fully saturated rings. The number of ether oxygens (including phenoxy) is 4. The second-order valence-electron chi connectivity index (χ2n) is 7.79. The number of likely N-dealkylation sites (N-methyl/N-ethyl adjacent to an activating group) is 1. The van der Waals surface area contributed by atoms with Crippen LogP contribution >= 0.6 is 0 Å². The van der Waals surface area contributed by atoms with Gasteiger partial charge in [-0.1, -0.05) is 18.2 Å². The highest BCUT2D eigenvalue weighted by Gasteiger charge is 2.28. The Labute approximate surface area is 203 Å². The normalized spacial score (nSPS) is 12.8. The highest BCUT2D eigenvalue weighted by Crippen LogP contribution is 2.33. The molecule has 1 aliphatic rings. The van der Waals surface area contributed by atoms with Crippen molar-refractivity contribution in [3.05, 3.63) is 83.9 Å². The first-order chi connectivity index (χ1) is 17.0. The smallest absolute Gasteiger partial charge is 0.251 e. The molecule has 1 N–H and O–H groups in total. The fourth-order valence-corrected chi connectivity index (χ4v) is 3.65. The number of nitrogens with zero attached hydrogens (tertiary/aromatic N) is 1. The molecule has 8 nitrogen and oxygen atoms in total. The maximum absolute atomic E-state index is 13.3. The van der Waals surface area contributed by atoms with Crippen LogP contribution < -0.4 is 24.3 Å². The Morgan fingerprint density at radius 3 is 2.20 bits per heavy atom. The van der Waals surface area contributed by atoms with Gasteiger partial charge < -0.3 is 29.2 Å². The van der Waals surface area contributed by atoms with E-state index >= 15 is 0 Å².